The highest BCUT2D eigenvalue weighted by atomic mass is 16.6. The highest BCUT2D eigenvalue weighted by molar-refractivity contribution is 5.81. The minimum Gasteiger partial charge on any atom is -0.351 e. The number of carbonyl (C=O) groups is 1. The second-order valence-electron chi connectivity index (χ2n) is 6.39. The summed E-state index contributed by atoms with van der Waals surface area (Å²) in [6.07, 6.45) is 5.59. The first kappa shape index (κ1) is 18.6. The fourth-order valence-corrected chi connectivity index (χ4v) is 3.10. The lowest BCUT2D eigenvalue weighted by atomic mass is 10.1. The zero-order valence-electron chi connectivity index (χ0n) is 14.9. The molecule has 9 heteroatoms. The van der Waals surface area contributed by atoms with Crippen LogP contribution in [0.2, 0.25) is 0 Å². The fourth-order valence-electron chi connectivity index (χ4n) is 3.10. The first-order valence-corrected chi connectivity index (χ1v) is 8.98. The van der Waals surface area contributed by atoms with Crippen LogP contribution in [0.4, 0.5) is 17.3 Å². The van der Waals surface area contributed by atoms with Crippen molar-refractivity contribution < 1.29 is 9.72 Å². The average molecular weight is 370 g/mol. The normalized spacial score (nSPS) is 14.3. The Balaban J connectivity index is 1.73. The van der Waals surface area contributed by atoms with Gasteiger partial charge in [-0.1, -0.05) is 43.2 Å². The number of hydrogen-bond donors (Lipinski definition) is 2. The second kappa shape index (κ2) is 8.93. The number of amides is 1. The summed E-state index contributed by atoms with van der Waals surface area (Å²) in [5.74, 6) is -0.0437. The van der Waals surface area contributed by atoms with E-state index in [1.165, 1.54) is 6.33 Å². The van der Waals surface area contributed by atoms with Crippen LogP contribution in [-0.2, 0) is 11.2 Å². The predicted octanol–water partition coefficient (Wildman–Crippen LogP) is 2.45. The van der Waals surface area contributed by atoms with Crippen LogP contribution in [0, 0.1) is 10.1 Å². The predicted molar refractivity (Wildman–Crippen MR) is 101 cm³/mol. The number of carbonyl (C=O) groups excluding carboxylic acids is 1. The van der Waals surface area contributed by atoms with E-state index >= 15 is 0 Å². The van der Waals surface area contributed by atoms with Crippen LogP contribution in [-0.4, -0.2) is 33.9 Å². The summed E-state index contributed by atoms with van der Waals surface area (Å²) in [5, 5.41) is 11.7. The third kappa shape index (κ3) is 4.90. The lowest BCUT2D eigenvalue weighted by Crippen LogP contribution is -2.32. The van der Waals surface area contributed by atoms with Gasteiger partial charge in [0.1, 0.15) is 6.33 Å². The van der Waals surface area contributed by atoms with Crippen LogP contribution in [0.15, 0.2) is 36.7 Å². The topological polar surface area (TPSA) is 113 Å². The van der Waals surface area contributed by atoms with E-state index in [-0.39, 0.29) is 29.7 Å². The zero-order valence-corrected chi connectivity index (χ0v) is 14.9. The van der Waals surface area contributed by atoms with Crippen molar-refractivity contribution >= 4 is 23.2 Å². The summed E-state index contributed by atoms with van der Waals surface area (Å²) >= 11 is 0. The van der Waals surface area contributed by atoms with E-state index in [9.17, 15) is 14.9 Å². The van der Waals surface area contributed by atoms with E-state index in [1.807, 2.05) is 35.2 Å². The molecule has 1 fully saturated rings. The molecule has 0 radical (unpaired) electrons. The summed E-state index contributed by atoms with van der Waals surface area (Å²) in [6, 6.07) is 9.24. The van der Waals surface area contributed by atoms with Crippen LogP contribution in [0.25, 0.3) is 0 Å². The molecule has 1 aromatic carbocycles. The Bertz CT molecular complexity index is 791. The van der Waals surface area contributed by atoms with Gasteiger partial charge in [-0.15, -0.1) is 0 Å². The number of nitrogens with one attached hydrogen (secondary N) is 2. The first-order valence-electron chi connectivity index (χ1n) is 8.98. The molecule has 1 aromatic heterocycles. The van der Waals surface area contributed by atoms with E-state index in [2.05, 4.69) is 20.8 Å². The van der Waals surface area contributed by atoms with Crippen molar-refractivity contribution in [1.29, 1.82) is 0 Å². The second-order valence-corrected chi connectivity index (χ2v) is 6.39. The molecule has 0 aliphatic carbocycles. The molecular formula is C18H22N6O3. The molecule has 9 nitrogen and oxygen atoms in total. The van der Waals surface area contributed by atoms with E-state index < -0.39 is 4.92 Å². The van der Waals surface area contributed by atoms with Gasteiger partial charge in [-0.05, 0) is 18.4 Å². The van der Waals surface area contributed by atoms with Gasteiger partial charge in [0.25, 0.3) is 0 Å². The van der Waals surface area contributed by atoms with E-state index in [0.717, 1.165) is 44.3 Å². The van der Waals surface area contributed by atoms with Gasteiger partial charge in [-0.3, -0.25) is 25.8 Å². The summed E-state index contributed by atoms with van der Waals surface area (Å²) in [5.41, 5.74) is 5.70. The van der Waals surface area contributed by atoms with Gasteiger partial charge < -0.3 is 4.90 Å². The number of benzene rings is 1. The number of aromatic nitrogens is 2. The lowest BCUT2D eigenvalue weighted by molar-refractivity contribution is -0.383. The molecule has 3 rings (SSSR count). The van der Waals surface area contributed by atoms with E-state index in [4.69, 9.17) is 0 Å². The van der Waals surface area contributed by atoms with Gasteiger partial charge >= 0.3 is 5.69 Å². The summed E-state index contributed by atoms with van der Waals surface area (Å²) in [7, 11) is 0. The van der Waals surface area contributed by atoms with Crippen LogP contribution in [0.5, 0.6) is 0 Å². The highest BCUT2D eigenvalue weighted by Gasteiger charge is 2.27. The number of hydrogen-bond acceptors (Lipinski definition) is 7. The maximum atomic E-state index is 12.1. The smallest absolute Gasteiger partial charge is 0.351 e. The van der Waals surface area contributed by atoms with Gasteiger partial charge in [0.05, 0.1) is 11.3 Å². The molecule has 0 atom stereocenters. The van der Waals surface area contributed by atoms with Crippen molar-refractivity contribution in [3.05, 3.63) is 52.3 Å². The van der Waals surface area contributed by atoms with E-state index in [1.54, 1.807) is 0 Å². The van der Waals surface area contributed by atoms with Crippen molar-refractivity contribution in [2.45, 2.75) is 32.1 Å². The molecule has 1 aliphatic heterocycles. The number of rotatable bonds is 6. The molecule has 2 N–H and O–H groups in total. The molecule has 1 aliphatic rings. The Morgan fingerprint density at radius 2 is 1.81 bits per heavy atom. The van der Waals surface area contributed by atoms with Gasteiger partial charge in [-0.25, -0.2) is 9.97 Å². The number of hydrazine groups is 1. The highest BCUT2D eigenvalue weighted by Crippen LogP contribution is 2.32. The van der Waals surface area contributed by atoms with Crippen molar-refractivity contribution in [1.82, 2.24) is 15.4 Å². The summed E-state index contributed by atoms with van der Waals surface area (Å²) < 4.78 is 0. The molecule has 2 heterocycles. The van der Waals surface area contributed by atoms with Gasteiger partial charge in [0.2, 0.25) is 17.5 Å². The quantitative estimate of drug-likeness (QED) is 0.593. The molecule has 0 unspecified atom stereocenters. The average Bonchev–Trinajstić information content (AvgIpc) is 2.96. The number of nitrogens with zero attached hydrogens (tertiary/aromatic N) is 4. The molecule has 1 saturated heterocycles. The molecule has 142 valence electrons. The molecule has 0 saturated carbocycles. The fraction of sp³-hybridized carbons (Fsp3) is 0.389. The Hall–Kier alpha value is -3.23. The zero-order chi connectivity index (χ0) is 19.1. The largest absolute Gasteiger partial charge is 0.355 e. The summed E-state index contributed by atoms with van der Waals surface area (Å²) in [4.78, 5) is 33.3. The SMILES string of the molecule is O=C(Cc1ccccc1)NNc1ncnc(N2CCCCCC2)c1[N+](=O)[O-]. The van der Waals surface area contributed by atoms with Crippen molar-refractivity contribution in [3.8, 4) is 0 Å². The number of anilines is 2. The minimum absolute atomic E-state index is 0.0179. The van der Waals surface area contributed by atoms with Crippen LogP contribution in [0.3, 0.4) is 0 Å². The van der Waals surface area contributed by atoms with Gasteiger partial charge in [0, 0.05) is 13.1 Å². The van der Waals surface area contributed by atoms with Crippen LogP contribution < -0.4 is 15.8 Å². The third-order valence-electron chi connectivity index (χ3n) is 4.42. The lowest BCUT2D eigenvalue weighted by Gasteiger charge is -2.21. The molecular weight excluding hydrogens is 348 g/mol. The number of nitro groups is 1. The van der Waals surface area contributed by atoms with Crippen LogP contribution >= 0.6 is 0 Å². The molecule has 2 aromatic rings. The minimum atomic E-state index is -0.508. The molecule has 0 bridgehead atoms. The molecule has 0 spiro atoms. The van der Waals surface area contributed by atoms with Crippen LogP contribution in [0.1, 0.15) is 31.2 Å². The standard InChI is InChI=1S/C18H22N6O3/c25-15(12-14-8-4-3-5-9-14)21-22-17-16(24(26)27)18(20-13-19-17)23-10-6-1-2-7-11-23/h3-5,8-9,13H,1-2,6-7,10-12H2,(H,21,25)(H,19,20,22). The van der Waals surface area contributed by atoms with E-state index in [0.29, 0.717) is 0 Å². The third-order valence-corrected chi connectivity index (χ3v) is 4.42. The Kier molecular flexibility index (Phi) is 6.14. The Morgan fingerprint density at radius 3 is 2.48 bits per heavy atom. The molecule has 1 amide bonds. The Labute approximate surface area is 156 Å². The maximum absolute atomic E-state index is 12.1. The maximum Gasteiger partial charge on any atom is 0.355 e. The first-order chi connectivity index (χ1) is 13.1. The summed E-state index contributed by atoms with van der Waals surface area (Å²) in [6.45, 7) is 1.44. The monoisotopic (exact) mass is 370 g/mol. The van der Waals surface area contributed by atoms with Crippen molar-refractivity contribution in [3.63, 3.8) is 0 Å². The van der Waals surface area contributed by atoms with Crippen molar-refractivity contribution in [2.24, 2.45) is 0 Å². The Morgan fingerprint density at radius 1 is 1.11 bits per heavy atom. The van der Waals surface area contributed by atoms with Gasteiger partial charge in [-0.2, -0.15) is 0 Å². The molecule has 27 heavy (non-hydrogen) atoms. The van der Waals surface area contributed by atoms with Crippen molar-refractivity contribution in [2.75, 3.05) is 23.4 Å². The van der Waals surface area contributed by atoms with Gasteiger partial charge in [0.15, 0.2) is 0 Å².